The Morgan fingerprint density at radius 1 is 0.333 bits per heavy atom. The molecule has 0 nitrogen and oxygen atoms in total. The predicted octanol–water partition coefficient (Wildman–Crippen LogP) is 8.03. The molecule has 0 saturated heterocycles. The third-order valence-electron chi connectivity index (χ3n) is 5.56. The van der Waals surface area contributed by atoms with Crippen LogP contribution in [0.25, 0.3) is 11.1 Å². The van der Waals surface area contributed by atoms with Crippen LogP contribution in [0.15, 0.2) is 132 Å². The normalized spacial score (nSPS) is 10.3. The van der Waals surface area contributed by atoms with Crippen molar-refractivity contribution in [1.82, 2.24) is 0 Å². The molecule has 0 N–H and O–H groups in total. The maximum absolute atomic E-state index is 2.25. The molecule has 30 heavy (non-hydrogen) atoms. The molecule has 0 aromatic heterocycles. The van der Waals surface area contributed by atoms with E-state index < -0.39 is 0 Å². The molecular weight excluding hydrogens is 360 g/mol. The van der Waals surface area contributed by atoms with Crippen molar-refractivity contribution in [2.45, 2.75) is 13.8 Å². The standard InChI is InChI=1S/C30H26/c1-23(29(25-15-7-3-8-16-25)26-17-9-4-10-18-26)24(2)30(27-19-11-5-12-20-27)28-21-13-6-14-22-28/h3-22H,1-2H3. The molecule has 0 aliphatic heterocycles. The molecule has 0 aliphatic carbocycles. The van der Waals surface area contributed by atoms with E-state index in [-0.39, 0.29) is 0 Å². The summed E-state index contributed by atoms with van der Waals surface area (Å²) < 4.78 is 0. The van der Waals surface area contributed by atoms with Crippen LogP contribution in [0.1, 0.15) is 36.1 Å². The largest absolute Gasteiger partial charge is 0.0622 e. The van der Waals surface area contributed by atoms with E-state index in [1.165, 1.54) is 44.5 Å². The third-order valence-corrected chi connectivity index (χ3v) is 5.56. The molecular formula is C30H26. The summed E-state index contributed by atoms with van der Waals surface area (Å²) in [6.07, 6.45) is 0. The van der Waals surface area contributed by atoms with E-state index in [1.54, 1.807) is 0 Å². The summed E-state index contributed by atoms with van der Waals surface area (Å²) >= 11 is 0. The van der Waals surface area contributed by atoms with Crippen molar-refractivity contribution in [1.29, 1.82) is 0 Å². The number of allylic oxidation sites excluding steroid dienone is 2. The van der Waals surface area contributed by atoms with Crippen LogP contribution in [0.5, 0.6) is 0 Å². The highest BCUT2D eigenvalue weighted by molar-refractivity contribution is 5.90. The Labute approximate surface area is 179 Å². The zero-order chi connectivity index (χ0) is 20.8. The summed E-state index contributed by atoms with van der Waals surface area (Å²) in [6.45, 7) is 4.49. The molecule has 0 fully saturated rings. The molecule has 0 aliphatic rings. The molecule has 0 heteroatoms. The monoisotopic (exact) mass is 386 g/mol. The van der Waals surface area contributed by atoms with E-state index in [0.717, 1.165) is 0 Å². The molecule has 0 bridgehead atoms. The summed E-state index contributed by atoms with van der Waals surface area (Å²) in [5.41, 5.74) is 10.1. The minimum Gasteiger partial charge on any atom is -0.0622 e. The van der Waals surface area contributed by atoms with Crippen molar-refractivity contribution in [2.24, 2.45) is 0 Å². The Morgan fingerprint density at radius 2 is 0.533 bits per heavy atom. The smallest absolute Gasteiger partial charge is 0.00793 e. The van der Waals surface area contributed by atoms with Gasteiger partial charge < -0.3 is 0 Å². The van der Waals surface area contributed by atoms with Gasteiger partial charge in [0.2, 0.25) is 0 Å². The van der Waals surface area contributed by atoms with E-state index in [2.05, 4.69) is 135 Å². The summed E-state index contributed by atoms with van der Waals surface area (Å²) in [5.74, 6) is 0. The fourth-order valence-electron chi connectivity index (χ4n) is 3.99. The van der Waals surface area contributed by atoms with Gasteiger partial charge >= 0.3 is 0 Å². The van der Waals surface area contributed by atoms with Crippen LogP contribution in [-0.2, 0) is 0 Å². The maximum Gasteiger partial charge on any atom is -0.00793 e. The molecule has 4 aromatic rings. The molecule has 0 amide bonds. The second-order valence-corrected chi connectivity index (χ2v) is 7.46. The number of rotatable bonds is 5. The van der Waals surface area contributed by atoms with Crippen LogP contribution >= 0.6 is 0 Å². The lowest BCUT2D eigenvalue weighted by molar-refractivity contribution is 1.32. The topological polar surface area (TPSA) is 0 Å². The van der Waals surface area contributed by atoms with Crippen molar-refractivity contribution in [3.63, 3.8) is 0 Å². The second-order valence-electron chi connectivity index (χ2n) is 7.46. The van der Waals surface area contributed by atoms with Crippen LogP contribution < -0.4 is 0 Å². The molecule has 4 aromatic carbocycles. The van der Waals surface area contributed by atoms with Crippen LogP contribution in [0, 0.1) is 0 Å². The quantitative estimate of drug-likeness (QED) is 0.305. The summed E-state index contributed by atoms with van der Waals surface area (Å²) in [7, 11) is 0. The van der Waals surface area contributed by atoms with Gasteiger partial charge in [0.05, 0.1) is 0 Å². The van der Waals surface area contributed by atoms with Gasteiger partial charge in [-0.15, -0.1) is 0 Å². The predicted molar refractivity (Wildman–Crippen MR) is 129 cm³/mol. The van der Waals surface area contributed by atoms with Gasteiger partial charge in [-0.1, -0.05) is 121 Å². The molecule has 0 radical (unpaired) electrons. The second kappa shape index (κ2) is 9.24. The van der Waals surface area contributed by atoms with Gasteiger partial charge in [0.1, 0.15) is 0 Å². The van der Waals surface area contributed by atoms with Gasteiger partial charge in [-0.25, -0.2) is 0 Å². The van der Waals surface area contributed by atoms with E-state index in [9.17, 15) is 0 Å². The van der Waals surface area contributed by atoms with Gasteiger partial charge in [-0.2, -0.15) is 0 Å². The van der Waals surface area contributed by atoms with E-state index >= 15 is 0 Å². The van der Waals surface area contributed by atoms with Crippen molar-refractivity contribution in [3.05, 3.63) is 155 Å². The Bertz CT molecular complexity index is 970. The first-order valence-corrected chi connectivity index (χ1v) is 10.4. The number of benzene rings is 4. The first kappa shape index (κ1) is 19.7. The van der Waals surface area contributed by atoms with Crippen LogP contribution in [0.3, 0.4) is 0 Å². The van der Waals surface area contributed by atoms with Crippen LogP contribution in [0.4, 0.5) is 0 Å². The molecule has 146 valence electrons. The minimum atomic E-state index is 1.24. The highest BCUT2D eigenvalue weighted by atomic mass is 14.2. The Kier molecular flexibility index (Phi) is 6.06. The molecule has 0 heterocycles. The average Bonchev–Trinajstić information content (AvgIpc) is 2.82. The summed E-state index contributed by atoms with van der Waals surface area (Å²) in [4.78, 5) is 0. The van der Waals surface area contributed by atoms with Gasteiger partial charge in [0.25, 0.3) is 0 Å². The Balaban J connectivity index is 2.01. The molecule has 0 atom stereocenters. The minimum absolute atomic E-state index is 1.24. The first-order chi connectivity index (χ1) is 14.8. The Morgan fingerprint density at radius 3 is 0.733 bits per heavy atom. The first-order valence-electron chi connectivity index (χ1n) is 10.4. The van der Waals surface area contributed by atoms with Gasteiger partial charge in [-0.3, -0.25) is 0 Å². The molecule has 0 spiro atoms. The van der Waals surface area contributed by atoms with E-state index in [1.807, 2.05) is 0 Å². The zero-order valence-electron chi connectivity index (χ0n) is 17.5. The third kappa shape index (κ3) is 4.18. The van der Waals surface area contributed by atoms with E-state index in [4.69, 9.17) is 0 Å². The van der Waals surface area contributed by atoms with Crippen molar-refractivity contribution >= 4 is 11.1 Å². The number of hydrogen-bond donors (Lipinski definition) is 0. The molecule has 0 saturated carbocycles. The van der Waals surface area contributed by atoms with Crippen molar-refractivity contribution in [2.75, 3.05) is 0 Å². The molecule has 0 unspecified atom stereocenters. The lowest BCUT2D eigenvalue weighted by Gasteiger charge is -2.19. The number of hydrogen-bond acceptors (Lipinski definition) is 0. The highest BCUT2D eigenvalue weighted by Crippen LogP contribution is 2.35. The maximum atomic E-state index is 2.25. The van der Waals surface area contributed by atoms with Crippen molar-refractivity contribution < 1.29 is 0 Å². The fraction of sp³-hybridized carbons (Fsp3) is 0.0667. The van der Waals surface area contributed by atoms with Crippen molar-refractivity contribution in [3.8, 4) is 0 Å². The lowest BCUT2D eigenvalue weighted by atomic mass is 9.85. The zero-order valence-corrected chi connectivity index (χ0v) is 17.5. The highest BCUT2D eigenvalue weighted by Gasteiger charge is 2.15. The SMILES string of the molecule is CC(C(C)=C(c1ccccc1)c1ccccc1)=C(c1ccccc1)c1ccccc1. The Hall–Kier alpha value is -3.64. The average molecular weight is 387 g/mol. The molecule has 4 rings (SSSR count). The van der Waals surface area contributed by atoms with Gasteiger partial charge in [0.15, 0.2) is 0 Å². The lowest BCUT2D eigenvalue weighted by Crippen LogP contribution is -1.98. The fourth-order valence-corrected chi connectivity index (χ4v) is 3.99. The summed E-state index contributed by atoms with van der Waals surface area (Å²) in [6, 6.07) is 42.8. The van der Waals surface area contributed by atoms with E-state index in [0.29, 0.717) is 0 Å². The van der Waals surface area contributed by atoms with Crippen LogP contribution in [-0.4, -0.2) is 0 Å². The van der Waals surface area contributed by atoms with Gasteiger partial charge in [0, 0.05) is 0 Å². The van der Waals surface area contributed by atoms with Gasteiger partial charge in [-0.05, 0) is 58.4 Å². The summed E-state index contributed by atoms with van der Waals surface area (Å²) in [5, 5.41) is 0. The van der Waals surface area contributed by atoms with Crippen LogP contribution in [0.2, 0.25) is 0 Å².